The fourth-order valence-electron chi connectivity index (χ4n) is 1.77. The molecule has 0 amide bonds. The SMILES string of the molecule is COC(CN)CN1CCCC1C. The molecular weight excluding hydrogens is 152 g/mol. The molecule has 1 rings (SSSR count). The van der Waals surface area contributed by atoms with Crippen LogP contribution in [0.2, 0.25) is 0 Å². The summed E-state index contributed by atoms with van der Waals surface area (Å²) in [5.41, 5.74) is 5.56. The van der Waals surface area contributed by atoms with Crippen molar-refractivity contribution in [2.75, 3.05) is 26.7 Å². The van der Waals surface area contributed by atoms with E-state index in [9.17, 15) is 0 Å². The lowest BCUT2D eigenvalue weighted by molar-refractivity contribution is 0.0679. The number of methoxy groups -OCH3 is 1. The van der Waals surface area contributed by atoms with Crippen molar-refractivity contribution in [2.45, 2.75) is 31.9 Å². The predicted octanol–water partition coefficient (Wildman–Crippen LogP) is 0.444. The van der Waals surface area contributed by atoms with Crippen LogP contribution in [0.25, 0.3) is 0 Å². The van der Waals surface area contributed by atoms with E-state index in [1.807, 2.05) is 0 Å². The summed E-state index contributed by atoms with van der Waals surface area (Å²) in [4.78, 5) is 2.46. The predicted molar refractivity (Wildman–Crippen MR) is 50.1 cm³/mol. The van der Waals surface area contributed by atoms with Gasteiger partial charge in [0.05, 0.1) is 6.10 Å². The second-order valence-electron chi connectivity index (χ2n) is 3.58. The average molecular weight is 172 g/mol. The summed E-state index contributed by atoms with van der Waals surface area (Å²) in [7, 11) is 1.73. The molecule has 1 heterocycles. The largest absolute Gasteiger partial charge is 0.379 e. The van der Waals surface area contributed by atoms with Gasteiger partial charge in [0.25, 0.3) is 0 Å². The molecule has 1 saturated heterocycles. The quantitative estimate of drug-likeness (QED) is 0.669. The highest BCUT2D eigenvalue weighted by molar-refractivity contribution is 4.77. The monoisotopic (exact) mass is 172 g/mol. The van der Waals surface area contributed by atoms with Crippen molar-refractivity contribution >= 4 is 0 Å². The van der Waals surface area contributed by atoms with Crippen LogP contribution >= 0.6 is 0 Å². The van der Waals surface area contributed by atoms with E-state index in [1.54, 1.807) is 7.11 Å². The van der Waals surface area contributed by atoms with Gasteiger partial charge in [0.2, 0.25) is 0 Å². The van der Waals surface area contributed by atoms with Gasteiger partial charge in [0.15, 0.2) is 0 Å². The van der Waals surface area contributed by atoms with Crippen LogP contribution < -0.4 is 5.73 Å². The molecular formula is C9H20N2O. The molecule has 0 aliphatic carbocycles. The number of nitrogens with two attached hydrogens (primary N) is 1. The highest BCUT2D eigenvalue weighted by Gasteiger charge is 2.22. The summed E-state index contributed by atoms with van der Waals surface area (Å²) in [6, 6.07) is 0.717. The van der Waals surface area contributed by atoms with Crippen LogP contribution in [0.3, 0.4) is 0 Å². The van der Waals surface area contributed by atoms with E-state index in [4.69, 9.17) is 10.5 Å². The maximum atomic E-state index is 5.56. The molecule has 0 radical (unpaired) electrons. The number of hydrogen-bond acceptors (Lipinski definition) is 3. The van der Waals surface area contributed by atoms with Crippen LogP contribution in [0, 0.1) is 0 Å². The minimum Gasteiger partial charge on any atom is -0.379 e. The Balaban J connectivity index is 2.28. The van der Waals surface area contributed by atoms with Gasteiger partial charge in [-0.2, -0.15) is 0 Å². The van der Waals surface area contributed by atoms with Gasteiger partial charge in [-0.15, -0.1) is 0 Å². The van der Waals surface area contributed by atoms with Crippen molar-refractivity contribution in [1.29, 1.82) is 0 Å². The summed E-state index contributed by atoms with van der Waals surface area (Å²) >= 11 is 0. The summed E-state index contributed by atoms with van der Waals surface area (Å²) < 4.78 is 5.24. The van der Waals surface area contributed by atoms with E-state index in [-0.39, 0.29) is 6.10 Å². The van der Waals surface area contributed by atoms with Crippen molar-refractivity contribution in [1.82, 2.24) is 4.90 Å². The minimum atomic E-state index is 0.213. The van der Waals surface area contributed by atoms with Crippen LogP contribution in [0.15, 0.2) is 0 Å². The van der Waals surface area contributed by atoms with E-state index >= 15 is 0 Å². The summed E-state index contributed by atoms with van der Waals surface area (Å²) in [5.74, 6) is 0. The van der Waals surface area contributed by atoms with Gasteiger partial charge in [0.1, 0.15) is 0 Å². The Hall–Kier alpha value is -0.120. The van der Waals surface area contributed by atoms with Gasteiger partial charge in [-0.3, -0.25) is 4.90 Å². The number of nitrogens with zero attached hydrogens (tertiary/aromatic N) is 1. The van der Waals surface area contributed by atoms with Crippen molar-refractivity contribution in [3.8, 4) is 0 Å². The molecule has 3 nitrogen and oxygen atoms in total. The number of rotatable bonds is 4. The fourth-order valence-corrected chi connectivity index (χ4v) is 1.77. The maximum Gasteiger partial charge on any atom is 0.0820 e. The summed E-state index contributed by atoms with van der Waals surface area (Å²) in [5, 5.41) is 0. The van der Waals surface area contributed by atoms with Gasteiger partial charge in [-0.25, -0.2) is 0 Å². The lowest BCUT2D eigenvalue weighted by Gasteiger charge is -2.25. The molecule has 2 unspecified atom stereocenters. The second-order valence-corrected chi connectivity index (χ2v) is 3.58. The first-order valence-electron chi connectivity index (χ1n) is 4.74. The van der Waals surface area contributed by atoms with Crippen molar-refractivity contribution in [3.63, 3.8) is 0 Å². The summed E-state index contributed by atoms with van der Waals surface area (Å²) in [6.45, 7) is 5.10. The van der Waals surface area contributed by atoms with Gasteiger partial charge >= 0.3 is 0 Å². The van der Waals surface area contributed by atoms with E-state index < -0.39 is 0 Å². The van der Waals surface area contributed by atoms with Crippen molar-refractivity contribution < 1.29 is 4.74 Å². The molecule has 2 atom stereocenters. The first kappa shape index (κ1) is 9.96. The molecule has 1 fully saturated rings. The Morgan fingerprint density at radius 1 is 1.67 bits per heavy atom. The molecule has 0 aromatic carbocycles. The van der Waals surface area contributed by atoms with Gasteiger partial charge < -0.3 is 10.5 Å². The lowest BCUT2D eigenvalue weighted by atomic mass is 10.2. The number of ether oxygens (including phenoxy) is 1. The van der Waals surface area contributed by atoms with E-state index in [1.165, 1.54) is 19.4 Å². The van der Waals surface area contributed by atoms with Gasteiger partial charge in [-0.05, 0) is 26.3 Å². The molecule has 72 valence electrons. The van der Waals surface area contributed by atoms with Crippen LogP contribution in [0.5, 0.6) is 0 Å². The average Bonchev–Trinajstić information content (AvgIpc) is 2.47. The van der Waals surface area contributed by atoms with Crippen LogP contribution in [-0.4, -0.2) is 43.8 Å². The summed E-state index contributed by atoms with van der Waals surface area (Å²) in [6.07, 6.45) is 2.86. The topological polar surface area (TPSA) is 38.5 Å². The van der Waals surface area contributed by atoms with Crippen LogP contribution in [0.1, 0.15) is 19.8 Å². The first-order valence-corrected chi connectivity index (χ1v) is 4.74. The van der Waals surface area contributed by atoms with Crippen LogP contribution in [0.4, 0.5) is 0 Å². The molecule has 0 bridgehead atoms. The second kappa shape index (κ2) is 4.80. The molecule has 12 heavy (non-hydrogen) atoms. The molecule has 0 saturated carbocycles. The number of hydrogen-bond donors (Lipinski definition) is 1. The van der Waals surface area contributed by atoms with Crippen molar-refractivity contribution in [2.24, 2.45) is 5.73 Å². The first-order chi connectivity index (χ1) is 5.77. The lowest BCUT2D eigenvalue weighted by Crippen LogP contribution is -2.39. The number of likely N-dealkylation sites (tertiary alicyclic amines) is 1. The molecule has 1 aliphatic heterocycles. The fraction of sp³-hybridized carbons (Fsp3) is 1.00. The zero-order chi connectivity index (χ0) is 8.97. The zero-order valence-electron chi connectivity index (χ0n) is 8.12. The minimum absolute atomic E-state index is 0.213. The maximum absolute atomic E-state index is 5.56. The van der Waals surface area contributed by atoms with Crippen LogP contribution in [-0.2, 0) is 4.74 Å². The van der Waals surface area contributed by atoms with E-state index in [0.717, 1.165) is 6.54 Å². The Morgan fingerprint density at radius 3 is 2.83 bits per heavy atom. The smallest absolute Gasteiger partial charge is 0.0820 e. The molecule has 0 aromatic heterocycles. The Labute approximate surface area is 74.9 Å². The molecule has 2 N–H and O–H groups in total. The zero-order valence-corrected chi connectivity index (χ0v) is 8.12. The molecule has 1 aliphatic rings. The third-order valence-corrected chi connectivity index (χ3v) is 2.72. The normalized spacial score (nSPS) is 27.8. The molecule has 0 spiro atoms. The van der Waals surface area contributed by atoms with Gasteiger partial charge in [0, 0.05) is 26.2 Å². The Bertz CT molecular complexity index is 126. The van der Waals surface area contributed by atoms with Crippen molar-refractivity contribution in [3.05, 3.63) is 0 Å². The van der Waals surface area contributed by atoms with E-state index in [0.29, 0.717) is 12.6 Å². The third-order valence-electron chi connectivity index (χ3n) is 2.72. The Morgan fingerprint density at radius 2 is 2.42 bits per heavy atom. The molecule has 0 aromatic rings. The standard InChI is InChI=1S/C9H20N2O/c1-8-4-3-5-11(8)7-9(6-10)12-2/h8-9H,3-7,10H2,1-2H3. The third kappa shape index (κ3) is 2.44. The van der Waals surface area contributed by atoms with E-state index in [2.05, 4.69) is 11.8 Å². The molecule has 3 heteroatoms. The highest BCUT2D eigenvalue weighted by atomic mass is 16.5. The highest BCUT2D eigenvalue weighted by Crippen LogP contribution is 2.16. The Kier molecular flexibility index (Phi) is 3.98. The van der Waals surface area contributed by atoms with Gasteiger partial charge in [-0.1, -0.05) is 0 Å².